The molecule has 2 fully saturated rings. The van der Waals surface area contributed by atoms with Gasteiger partial charge in [0.25, 0.3) is 0 Å². The molecule has 0 unspecified atom stereocenters. The minimum Gasteiger partial charge on any atom is -0.454 e. The second-order valence-corrected chi connectivity index (χ2v) is 8.74. The van der Waals surface area contributed by atoms with Gasteiger partial charge in [-0.2, -0.15) is 0 Å². The summed E-state index contributed by atoms with van der Waals surface area (Å²) in [5, 5.41) is 3.60. The second kappa shape index (κ2) is 9.18. The van der Waals surface area contributed by atoms with Crippen LogP contribution in [0.2, 0.25) is 0 Å². The van der Waals surface area contributed by atoms with Crippen molar-refractivity contribution in [2.45, 2.75) is 51.1 Å². The quantitative estimate of drug-likeness (QED) is 0.707. The first-order valence-electron chi connectivity index (χ1n) is 11.5. The van der Waals surface area contributed by atoms with Crippen LogP contribution in [0.4, 0.5) is 17.3 Å². The number of anilines is 3. The molecule has 8 heteroatoms. The van der Waals surface area contributed by atoms with Crippen LogP contribution < -0.4 is 25.4 Å². The molecule has 1 aromatic carbocycles. The van der Waals surface area contributed by atoms with Crippen molar-refractivity contribution >= 4 is 17.3 Å². The van der Waals surface area contributed by atoms with Crippen molar-refractivity contribution in [1.82, 2.24) is 14.9 Å². The number of hydrogen-bond acceptors (Lipinski definition) is 8. The Morgan fingerprint density at radius 2 is 1.74 bits per heavy atom. The summed E-state index contributed by atoms with van der Waals surface area (Å²) in [7, 11) is 0. The molecule has 1 saturated heterocycles. The molecule has 0 spiro atoms. The monoisotopic (exact) mass is 424 g/mol. The van der Waals surface area contributed by atoms with Crippen LogP contribution in [-0.2, 0) is 6.54 Å². The molecule has 2 aliphatic heterocycles. The lowest BCUT2D eigenvalue weighted by Gasteiger charge is -2.36. The minimum atomic E-state index is 0.315. The van der Waals surface area contributed by atoms with Crippen LogP contribution in [0.3, 0.4) is 0 Å². The van der Waals surface area contributed by atoms with E-state index in [2.05, 4.69) is 37.2 Å². The number of benzene rings is 1. The Kier molecular flexibility index (Phi) is 5.97. The highest BCUT2D eigenvalue weighted by molar-refractivity contribution is 5.75. The Labute approximate surface area is 183 Å². The fourth-order valence-electron chi connectivity index (χ4n) is 4.79. The van der Waals surface area contributed by atoms with Gasteiger partial charge in [-0.25, -0.2) is 9.97 Å². The molecular formula is C23H32N6O2. The van der Waals surface area contributed by atoms with Crippen molar-refractivity contribution in [3.8, 4) is 11.5 Å². The van der Waals surface area contributed by atoms with Crippen LogP contribution >= 0.6 is 0 Å². The van der Waals surface area contributed by atoms with E-state index in [1.807, 2.05) is 6.07 Å². The molecule has 1 aliphatic carbocycles. The van der Waals surface area contributed by atoms with Gasteiger partial charge >= 0.3 is 0 Å². The molecule has 3 heterocycles. The zero-order valence-corrected chi connectivity index (χ0v) is 18.1. The van der Waals surface area contributed by atoms with Crippen molar-refractivity contribution in [1.29, 1.82) is 0 Å². The van der Waals surface area contributed by atoms with Crippen LogP contribution in [0.1, 0.15) is 44.1 Å². The number of ether oxygens (including phenoxy) is 2. The average Bonchev–Trinajstić information content (AvgIpc) is 3.11. The van der Waals surface area contributed by atoms with E-state index < -0.39 is 0 Å². The molecule has 0 atom stereocenters. The summed E-state index contributed by atoms with van der Waals surface area (Å²) >= 11 is 0. The van der Waals surface area contributed by atoms with E-state index in [0.29, 0.717) is 18.5 Å². The van der Waals surface area contributed by atoms with Crippen molar-refractivity contribution < 1.29 is 9.47 Å². The van der Waals surface area contributed by atoms with Gasteiger partial charge in [0.2, 0.25) is 6.79 Å². The van der Waals surface area contributed by atoms with Gasteiger partial charge in [0.1, 0.15) is 12.0 Å². The highest BCUT2D eigenvalue weighted by Crippen LogP contribution is 2.33. The number of nitrogens with zero attached hydrogens (tertiary/aromatic N) is 4. The van der Waals surface area contributed by atoms with Crippen molar-refractivity contribution in [3.63, 3.8) is 0 Å². The van der Waals surface area contributed by atoms with E-state index in [0.717, 1.165) is 55.9 Å². The maximum absolute atomic E-state index is 6.51. The summed E-state index contributed by atoms with van der Waals surface area (Å²) in [6.45, 7) is 4.93. The first-order valence-corrected chi connectivity index (χ1v) is 11.5. The number of aromatic nitrogens is 2. The van der Waals surface area contributed by atoms with Crippen molar-refractivity contribution in [2.24, 2.45) is 0 Å². The maximum Gasteiger partial charge on any atom is 0.231 e. The molecule has 31 heavy (non-hydrogen) atoms. The highest BCUT2D eigenvalue weighted by atomic mass is 16.7. The lowest BCUT2D eigenvalue weighted by molar-refractivity contribution is 0.174. The maximum atomic E-state index is 6.51. The average molecular weight is 425 g/mol. The Morgan fingerprint density at radius 1 is 0.968 bits per heavy atom. The van der Waals surface area contributed by atoms with Gasteiger partial charge in [-0.15, -0.1) is 0 Å². The van der Waals surface area contributed by atoms with Gasteiger partial charge in [-0.1, -0.05) is 31.7 Å². The van der Waals surface area contributed by atoms with Crippen LogP contribution in [-0.4, -0.2) is 53.9 Å². The molecule has 166 valence electrons. The lowest BCUT2D eigenvalue weighted by Crippen LogP contribution is -2.46. The fourth-order valence-corrected chi connectivity index (χ4v) is 4.79. The zero-order valence-electron chi connectivity index (χ0n) is 18.1. The minimum absolute atomic E-state index is 0.315. The number of rotatable bonds is 5. The van der Waals surface area contributed by atoms with E-state index in [1.165, 1.54) is 44.1 Å². The number of nitrogens with one attached hydrogen (secondary N) is 1. The molecular weight excluding hydrogens is 392 g/mol. The van der Waals surface area contributed by atoms with Gasteiger partial charge in [0.05, 0.1) is 0 Å². The van der Waals surface area contributed by atoms with E-state index in [1.54, 1.807) is 6.33 Å². The summed E-state index contributed by atoms with van der Waals surface area (Å²) in [4.78, 5) is 13.7. The van der Waals surface area contributed by atoms with Crippen LogP contribution in [0.25, 0.3) is 0 Å². The molecule has 8 nitrogen and oxygen atoms in total. The SMILES string of the molecule is Nc1c(NC2CCCCCC2)ncnc1N1CCN(Cc2ccc3c(c2)OCO3)CC1. The second-order valence-electron chi connectivity index (χ2n) is 8.74. The van der Waals surface area contributed by atoms with E-state index >= 15 is 0 Å². The van der Waals surface area contributed by atoms with Crippen molar-refractivity contribution in [3.05, 3.63) is 30.1 Å². The fraction of sp³-hybridized carbons (Fsp3) is 0.565. The number of piperazine rings is 1. The predicted octanol–water partition coefficient (Wildman–Crippen LogP) is 3.24. The van der Waals surface area contributed by atoms with Gasteiger partial charge in [-0.05, 0) is 30.5 Å². The normalized spacial score (nSPS) is 19.9. The summed E-state index contributed by atoms with van der Waals surface area (Å²) in [5.41, 5.74) is 8.43. The first kappa shape index (κ1) is 20.2. The standard InChI is InChI=1S/C23H32N6O2/c24-21-22(27-18-5-3-1-2-4-6-18)25-15-26-23(21)29-11-9-28(10-12-29)14-17-7-8-19-20(13-17)31-16-30-19/h7-8,13,15,18H,1-6,9-12,14,16,24H2,(H,25,26,27). The van der Waals surface area contributed by atoms with Gasteiger partial charge in [-0.3, -0.25) is 4.90 Å². The third-order valence-corrected chi connectivity index (χ3v) is 6.57. The van der Waals surface area contributed by atoms with Crippen molar-refractivity contribution in [2.75, 3.05) is 48.9 Å². The Morgan fingerprint density at radius 3 is 2.55 bits per heavy atom. The van der Waals surface area contributed by atoms with Gasteiger partial charge in [0, 0.05) is 38.8 Å². The first-order chi connectivity index (χ1) is 15.3. The molecule has 0 radical (unpaired) electrons. The topological polar surface area (TPSA) is 88.8 Å². The van der Waals surface area contributed by atoms with Gasteiger partial charge < -0.3 is 25.4 Å². The highest BCUT2D eigenvalue weighted by Gasteiger charge is 2.23. The number of hydrogen-bond donors (Lipinski definition) is 2. The summed E-state index contributed by atoms with van der Waals surface area (Å²) in [6, 6.07) is 6.67. The molecule has 0 bridgehead atoms. The van der Waals surface area contributed by atoms with E-state index in [4.69, 9.17) is 15.2 Å². The molecule has 0 amide bonds. The third kappa shape index (κ3) is 4.63. The van der Waals surface area contributed by atoms with E-state index in [-0.39, 0.29) is 0 Å². The largest absolute Gasteiger partial charge is 0.454 e. The molecule has 1 aromatic heterocycles. The Balaban J connectivity index is 1.19. The number of nitrogen functional groups attached to an aromatic ring is 1. The van der Waals surface area contributed by atoms with E-state index in [9.17, 15) is 0 Å². The molecule has 3 N–H and O–H groups in total. The van der Waals surface area contributed by atoms with Gasteiger partial charge in [0.15, 0.2) is 23.1 Å². The van der Waals surface area contributed by atoms with Crippen LogP contribution in [0, 0.1) is 0 Å². The predicted molar refractivity (Wildman–Crippen MR) is 122 cm³/mol. The molecule has 5 rings (SSSR count). The van der Waals surface area contributed by atoms with Crippen LogP contribution in [0.5, 0.6) is 11.5 Å². The third-order valence-electron chi connectivity index (χ3n) is 6.57. The molecule has 1 saturated carbocycles. The lowest BCUT2D eigenvalue weighted by atomic mass is 10.1. The molecule has 2 aromatic rings. The number of nitrogens with two attached hydrogens (primary N) is 1. The Hall–Kier alpha value is -2.74. The smallest absolute Gasteiger partial charge is 0.231 e. The molecule has 3 aliphatic rings. The Bertz CT molecular complexity index is 892. The summed E-state index contributed by atoms with van der Waals surface area (Å²) in [5.74, 6) is 3.33. The number of fused-ring (bicyclic) bond motifs is 1. The van der Waals surface area contributed by atoms with Crippen LogP contribution in [0.15, 0.2) is 24.5 Å². The zero-order chi connectivity index (χ0) is 21.0. The summed E-state index contributed by atoms with van der Waals surface area (Å²) < 4.78 is 10.9. The summed E-state index contributed by atoms with van der Waals surface area (Å²) in [6.07, 6.45) is 9.25.